The van der Waals surface area contributed by atoms with Crippen molar-refractivity contribution in [2.75, 3.05) is 106 Å². The van der Waals surface area contributed by atoms with Crippen molar-refractivity contribution in [1.29, 1.82) is 0 Å². The summed E-state index contributed by atoms with van der Waals surface area (Å²) >= 11 is 0. The summed E-state index contributed by atoms with van der Waals surface area (Å²) in [6.07, 6.45) is 4.20. The maximum atomic E-state index is 12.9. The molecule has 8 heterocycles. The summed E-state index contributed by atoms with van der Waals surface area (Å²) < 4.78 is 59.4. The Morgan fingerprint density at radius 3 is 0.790 bits per heavy atom. The van der Waals surface area contributed by atoms with Crippen LogP contribution in [-0.4, -0.2) is 228 Å². The zero-order valence-corrected chi connectivity index (χ0v) is 44.2. The van der Waals surface area contributed by atoms with Crippen LogP contribution in [0.2, 0.25) is 0 Å². The van der Waals surface area contributed by atoms with Crippen LogP contribution in [0.4, 0.5) is 0 Å². The van der Waals surface area contributed by atoms with Crippen LogP contribution in [0.25, 0.3) is 23.1 Å². The van der Waals surface area contributed by atoms with Crippen molar-refractivity contribution >= 4 is 46.7 Å². The first-order chi connectivity index (χ1) is 39.2. The minimum Gasteiger partial charge on any atom is -0.378 e. The van der Waals surface area contributed by atoms with Crippen LogP contribution in [0.5, 0.6) is 0 Å². The molecular formula is C41H56N24O16+4. The van der Waals surface area contributed by atoms with Gasteiger partial charge in [-0.3, -0.25) is 19.2 Å². The second kappa shape index (κ2) is 27.4. The standard InChI is InChI=1S/C41H56N24O16/c1-54-37(70)58-25-42-62(33(58)46-50-54)29(66)5-9-74-13-17-78-21-41(22-79-18-14-75-10-6-30(67)63-34-47-51-55(2)38(71)59(34)26-43-63,23-80-19-15-76-11-7-31(68)64-35-48-52-56(3)39(72)60(35)27-44-64)24-81-20-16-77-12-8-32(69)65-36-49-53-57(4)40(73)61(36)28-45-65/h25-28H,5-24H2,1-4H3/q+4. The molecule has 432 valence electrons. The Hall–Kier alpha value is -8.80. The number of hydrogen-bond acceptors (Lipinski definition) is 28. The number of aryl methyl sites for hydroxylation is 4. The van der Waals surface area contributed by atoms with Crippen molar-refractivity contribution in [3.8, 4) is 0 Å². The molecule has 81 heavy (non-hydrogen) atoms. The first kappa shape index (κ1) is 58.4. The highest BCUT2D eigenvalue weighted by Crippen LogP contribution is 2.21. The molecule has 0 aliphatic heterocycles. The van der Waals surface area contributed by atoms with Crippen LogP contribution in [0, 0.1) is 5.41 Å². The molecule has 40 nitrogen and oxygen atoms in total. The summed E-state index contributed by atoms with van der Waals surface area (Å²) in [4.78, 5) is 101. The van der Waals surface area contributed by atoms with Gasteiger partial charge in [0.2, 0.25) is 25.3 Å². The Kier molecular flexibility index (Phi) is 19.7. The third-order valence-corrected chi connectivity index (χ3v) is 11.7. The van der Waals surface area contributed by atoms with E-state index in [2.05, 4.69) is 61.6 Å². The Morgan fingerprint density at radius 2 is 0.568 bits per heavy atom. The van der Waals surface area contributed by atoms with Crippen LogP contribution in [0.3, 0.4) is 0 Å². The van der Waals surface area contributed by atoms with Crippen molar-refractivity contribution in [2.45, 2.75) is 25.7 Å². The van der Waals surface area contributed by atoms with Crippen molar-refractivity contribution in [3.05, 3.63) is 67.2 Å². The van der Waals surface area contributed by atoms with E-state index in [4.69, 9.17) is 37.9 Å². The van der Waals surface area contributed by atoms with E-state index in [1.54, 1.807) is 0 Å². The predicted molar refractivity (Wildman–Crippen MR) is 255 cm³/mol. The lowest BCUT2D eigenvalue weighted by Gasteiger charge is -2.33. The van der Waals surface area contributed by atoms with Crippen LogP contribution in [0.1, 0.15) is 44.9 Å². The summed E-state index contributed by atoms with van der Waals surface area (Å²) in [6.45, 7) is 0.169. The van der Waals surface area contributed by atoms with Crippen molar-refractivity contribution in [1.82, 2.24) is 99.1 Å². The Balaban J connectivity index is 0.853. The number of rotatable bonds is 32. The Labute approximate surface area is 452 Å². The fraction of sp³-hybridized carbons (Fsp3) is 0.610. The van der Waals surface area contributed by atoms with Gasteiger partial charge in [0, 0.05) is 41.2 Å². The first-order valence-corrected chi connectivity index (χ1v) is 24.7. The molecular weight excluding hydrogens is 1080 g/mol. The summed E-state index contributed by atoms with van der Waals surface area (Å²) in [5.41, 5.74) is -3.18. The van der Waals surface area contributed by atoms with Gasteiger partial charge in [-0.05, 0) is 20.4 Å². The van der Waals surface area contributed by atoms with Gasteiger partial charge in [-0.15, -0.1) is 36.3 Å². The summed E-state index contributed by atoms with van der Waals surface area (Å²) in [6, 6.07) is 0. The minimum atomic E-state index is -1.03. The highest BCUT2D eigenvalue weighted by molar-refractivity contribution is 5.81. The SMILES string of the molecule is Cn1nnc2n(C(=O)CCOCCOCC(COCCOCCC(=O)n3nc[n+]4c(=O)n(C)nnc34)(COCCOCCC(=O)n3nc[n+]4c(=O)n(C)nnc34)COCCOCCC(=O)n3nc[n+]4c(=O)n(C)nnc34)nc[n+]2c1=O. The number of ether oxygens (including phenoxy) is 8. The summed E-state index contributed by atoms with van der Waals surface area (Å²) in [5, 5.41) is 46.2. The zero-order valence-electron chi connectivity index (χ0n) is 44.2. The monoisotopic (exact) mass is 1140 g/mol. The van der Waals surface area contributed by atoms with Gasteiger partial charge in [0.15, 0.2) is 0 Å². The average Bonchev–Trinajstić information content (AvgIpc) is 4.35. The van der Waals surface area contributed by atoms with E-state index in [0.29, 0.717) is 0 Å². The molecule has 0 spiro atoms. The molecule has 0 N–H and O–H groups in total. The molecule has 8 aromatic rings. The molecule has 0 aliphatic rings. The van der Waals surface area contributed by atoms with Gasteiger partial charge in [0.1, 0.15) is 0 Å². The first-order valence-electron chi connectivity index (χ1n) is 24.7. The molecule has 0 bridgehead atoms. The largest absolute Gasteiger partial charge is 0.424 e. The lowest BCUT2D eigenvalue weighted by atomic mass is 9.92. The zero-order chi connectivity index (χ0) is 57.5. The maximum Gasteiger partial charge on any atom is 0.424 e. The van der Waals surface area contributed by atoms with Crippen LogP contribution in [0.15, 0.2) is 44.5 Å². The third kappa shape index (κ3) is 14.2. The molecule has 0 aliphatic carbocycles. The van der Waals surface area contributed by atoms with E-state index in [9.17, 15) is 38.4 Å². The fourth-order valence-electron chi connectivity index (χ4n) is 7.39. The van der Waals surface area contributed by atoms with Gasteiger partial charge in [-0.25, -0.2) is 19.2 Å². The van der Waals surface area contributed by atoms with Crippen molar-refractivity contribution in [2.24, 2.45) is 33.6 Å². The fourth-order valence-corrected chi connectivity index (χ4v) is 7.39. The summed E-state index contributed by atoms with van der Waals surface area (Å²) in [5.74, 6) is -2.22. The van der Waals surface area contributed by atoms with Gasteiger partial charge in [0.25, 0.3) is 23.6 Å². The van der Waals surface area contributed by atoms with E-state index in [1.165, 1.54) is 28.2 Å². The average molecular weight is 1140 g/mol. The van der Waals surface area contributed by atoms with Gasteiger partial charge < -0.3 is 37.9 Å². The molecule has 0 amide bonds. The molecule has 0 saturated carbocycles. The molecule has 8 aromatic heterocycles. The summed E-state index contributed by atoms with van der Waals surface area (Å²) in [7, 11) is 5.64. The van der Waals surface area contributed by atoms with E-state index in [1.807, 2.05) is 0 Å². The highest BCUT2D eigenvalue weighted by Gasteiger charge is 2.33. The second-order valence-electron chi connectivity index (χ2n) is 17.6. The minimum absolute atomic E-state index is 0.0228. The van der Waals surface area contributed by atoms with Crippen LogP contribution in [-0.2, 0) is 66.1 Å². The molecule has 0 fully saturated rings. The molecule has 0 aromatic carbocycles. The van der Waals surface area contributed by atoms with E-state index < -0.39 is 51.8 Å². The number of hydrogen-bond donors (Lipinski definition) is 0. The number of fused-ring (bicyclic) bond motifs is 4. The van der Waals surface area contributed by atoms with Crippen LogP contribution < -0.4 is 40.4 Å². The topological polar surface area (TPSA) is 421 Å². The van der Waals surface area contributed by atoms with Gasteiger partial charge in [-0.1, -0.05) is 18.7 Å². The lowest BCUT2D eigenvalue weighted by Crippen LogP contribution is -2.47. The smallest absolute Gasteiger partial charge is 0.378 e. The molecule has 40 heteroatoms. The normalized spacial score (nSPS) is 12.0. The number of aromatic nitrogens is 24. The molecule has 8 rings (SSSR count). The number of carbonyl (C=O) groups excluding carboxylic acids is 4. The van der Waals surface area contributed by atoms with Crippen molar-refractivity contribution < 1.29 is 74.7 Å². The van der Waals surface area contributed by atoms with E-state index in [0.717, 1.165) is 80.4 Å². The number of nitrogens with zero attached hydrogens (tertiary/aromatic N) is 24. The Morgan fingerprint density at radius 1 is 0.358 bits per heavy atom. The van der Waals surface area contributed by atoms with Crippen molar-refractivity contribution in [3.63, 3.8) is 0 Å². The lowest BCUT2D eigenvalue weighted by molar-refractivity contribution is -0.540. The van der Waals surface area contributed by atoms with E-state index >= 15 is 0 Å². The highest BCUT2D eigenvalue weighted by atomic mass is 16.6. The Bertz CT molecular complexity index is 3280. The second-order valence-corrected chi connectivity index (χ2v) is 17.6. The van der Waals surface area contributed by atoms with Gasteiger partial charge >= 0.3 is 45.9 Å². The van der Waals surface area contributed by atoms with Crippen LogP contribution >= 0.6 is 0 Å². The van der Waals surface area contributed by atoms with E-state index in [-0.39, 0.29) is 155 Å². The predicted octanol–water partition coefficient (Wildman–Crippen LogP) is -9.28. The maximum absolute atomic E-state index is 12.9. The molecule has 0 saturated heterocycles. The number of carbonyl (C=O) groups is 4. The molecule has 0 atom stereocenters. The quantitative estimate of drug-likeness (QED) is 0.0279. The molecule has 0 radical (unpaired) electrons. The molecule has 0 unspecified atom stereocenters. The van der Waals surface area contributed by atoms with Gasteiger partial charge in [0.05, 0.1) is 165 Å². The van der Waals surface area contributed by atoms with Gasteiger partial charge in [-0.2, -0.15) is 0 Å². The third-order valence-electron chi connectivity index (χ3n) is 11.7.